The number of fused-ring (bicyclic) bond motifs is 1. The summed E-state index contributed by atoms with van der Waals surface area (Å²) in [5, 5.41) is 21.7. The van der Waals surface area contributed by atoms with Crippen molar-refractivity contribution in [3.05, 3.63) is 106 Å². The topological polar surface area (TPSA) is 129 Å². The fraction of sp³-hybridized carbons (Fsp3) is 0.111. The van der Waals surface area contributed by atoms with Crippen LogP contribution in [0.2, 0.25) is 0 Å². The van der Waals surface area contributed by atoms with Gasteiger partial charge in [-0.3, -0.25) is 4.79 Å². The van der Waals surface area contributed by atoms with Crippen molar-refractivity contribution in [2.45, 2.75) is 13.1 Å². The van der Waals surface area contributed by atoms with E-state index in [1.807, 2.05) is 24.3 Å². The molecule has 2 heterocycles. The molecule has 0 fully saturated rings. The number of amides is 1. The number of methoxy groups -OCH3 is 1. The Bertz CT molecular complexity index is 1630. The molecule has 5 aromatic rings. The maximum absolute atomic E-state index is 12.6. The molecule has 0 bridgehead atoms. The summed E-state index contributed by atoms with van der Waals surface area (Å²) in [6.07, 6.45) is 1.67. The highest BCUT2D eigenvalue weighted by Crippen LogP contribution is 2.31. The summed E-state index contributed by atoms with van der Waals surface area (Å²) in [5.74, 6) is 0.779. The first kappa shape index (κ1) is 23.6. The minimum Gasteiger partial charge on any atom is -0.504 e. The smallest absolute Gasteiger partial charge is 0.349 e. The van der Waals surface area contributed by atoms with E-state index < -0.39 is 11.5 Å². The summed E-state index contributed by atoms with van der Waals surface area (Å²) in [6, 6.07) is 20.9. The molecule has 3 aromatic carbocycles. The Morgan fingerprint density at radius 2 is 1.89 bits per heavy atom. The second kappa shape index (κ2) is 10.2. The minimum absolute atomic E-state index is 0.000733. The molecule has 186 valence electrons. The summed E-state index contributed by atoms with van der Waals surface area (Å²) in [4.78, 5) is 25.0. The molecule has 0 atom stereocenters. The number of benzene rings is 3. The van der Waals surface area contributed by atoms with E-state index in [0.29, 0.717) is 34.9 Å². The Kier molecular flexibility index (Phi) is 6.54. The van der Waals surface area contributed by atoms with Gasteiger partial charge in [-0.05, 0) is 42.0 Å². The molecule has 0 aliphatic rings. The van der Waals surface area contributed by atoms with Crippen molar-refractivity contribution in [3.63, 3.8) is 0 Å². The van der Waals surface area contributed by atoms with Crippen LogP contribution in [0.25, 0.3) is 11.0 Å². The lowest BCUT2D eigenvalue weighted by atomic mass is 10.1. The predicted molar refractivity (Wildman–Crippen MR) is 134 cm³/mol. The van der Waals surface area contributed by atoms with Crippen molar-refractivity contribution in [2.75, 3.05) is 7.11 Å². The van der Waals surface area contributed by atoms with Crippen molar-refractivity contribution in [1.29, 1.82) is 0 Å². The number of carbonyl (C=O) groups excluding carboxylic acids is 1. The van der Waals surface area contributed by atoms with Crippen LogP contribution in [-0.2, 0) is 13.1 Å². The number of aromatic nitrogens is 3. The van der Waals surface area contributed by atoms with Gasteiger partial charge in [-0.25, -0.2) is 9.48 Å². The largest absolute Gasteiger partial charge is 0.504 e. The number of rotatable bonds is 8. The standard InChI is InChI=1S/C27H22N4O6/c1-35-24-9-5-6-18-13-21(27(34)37-25(18)24)26(33)28-14-19-16-31(30-29-19)15-17-10-11-23(22(32)12-17)36-20-7-3-2-4-8-20/h2-13,16,32H,14-15H2,1H3,(H,28,33). The minimum atomic E-state index is -0.766. The molecule has 0 aliphatic heterocycles. The van der Waals surface area contributed by atoms with Crippen LogP contribution in [0.1, 0.15) is 21.6 Å². The zero-order valence-corrected chi connectivity index (χ0v) is 19.7. The number of phenolic OH excluding ortho intramolecular Hbond substituents is 1. The highest BCUT2D eigenvalue weighted by molar-refractivity contribution is 5.97. The van der Waals surface area contributed by atoms with E-state index in [0.717, 1.165) is 5.56 Å². The number of ether oxygens (including phenoxy) is 2. The molecule has 2 aromatic heterocycles. The molecule has 37 heavy (non-hydrogen) atoms. The van der Waals surface area contributed by atoms with Gasteiger partial charge in [0.1, 0.15) is 17.0 Å². The van der Waals surface area contributed by atoms with Gasteiger partial charge in [0.15, 0.2) is 22.8 Å². The first-order valence-corrected chi connectivity index (χ1v) is 11.3. The maximum Gasteiger partial charge on any atom is 0.349 e. The number of para-hydroxylation sites is 2. The van der Waals surface area contributed by atoms with Gasteiger partial charge in [-0.15, -0.1) is 5.10 Å². The van der Waals surface area contributed by atoms with E-state index in [-0.39, 0.29) is 23.4 Å². The van der Waals surface area contributed by atoms with E-state index >= 15 is 0 Å². The van der Waals surface area contributed by atoms with Crippen LogP contribution in [0, 0.1) is 0 Å². The Morgan fingerprint density at radius 1 is 1.05 bits per heavy atom. The van der Waals surface area contributed by atoms with Gasteiger partial charge < -0.3 is 24.3 Å². The molecular formula is C27H22N4O6. The first-order chi connectivity index (χ1) is 18.0. The number of hydrogen-bond donors (Lipinski definition) is 2. The normalized spacial score (nSPS) is 10.8. The molecule has 0 saturated carbocycles. The van der Waals surface area contributed by atoms with Crippen molar-refractivity contribution in [2.24, 2.45) is 0 Å². The number of hydrogen-bond acceptors (Lipinski definition) is 8. The molecule has 5 rings (SSSR count). The first-order valence-electron chi connectivity index (χ1n) is 11.3. The van der Waals surface area contributed by atoms with Crippen LogP contribution >= 0.6 is 0 Å². The van der Waals surface area contributed by atoms with Crippen molar-refractivity contribution >= 4 is 16.9 Å². The lowest BCUT2D eigenvalue weighted by molar-refractivity contribution is 0.0947. The number of phenols is 1. The number of aromatic hydroxyl groups is 1. The molecule has 1 amide bonds. The van der Waals surface area contributed by atoms with Crippen LogP contribution in [0.4, 0.5) is 0 Å². The second-order valence-electron chi connectivity index (χ2n) is 8.13. The fourth-order valence-electron chi connectivity index (χ4n) is 3.75. The number of nitrogens with one attached hydrogen (secondary N) is 1. The number of nitrogens with zero attached hydrogens (tertiary/aromatic N) is 3. The van der Waals surface area contributed by atoms with Gasteiger partial charge in [0, 0.05) is 5.39 Å². The third-order valence-electron chi connectivity index (χ3n) is 5.54. The molecule has 0 aliphatic carbocycles. The molecule has 0 saturated heterocycles. The summed E-state index contributed by atoms with van der Waals surface area (Å²) >= 11 is 0. The molecular weight excluding hydrogens is 476 g/mol. The predicted octanol–water partition coefficient (Wildman–Crippen LogP) is 3.87. The molecule has 0 spiro atoms. The average molecular weight is 498 g/mol. The third kappa shape index (κ3) is 5.27. The van der Waals surface area contributed by atoms with Crippen LogP contribution in [-0.4, -0.2) is 33.1 Å². The number of carbonyl (C=O) groups is 1. The lowest BCUT2D eigenvalue weighted by Gasteiger charge is -2.09. The van der Waals surface area contributed by atoms with Gasteiger partial charge in [0.05, 0.1) is 26.4 Å². The van der Waals surface area contributed by atoms with E-state index in [1.54, 1.807) is 53.3 Å². The highest BCUT2D eigenvalue weighted by Gasteiger charge is 2.16. The van der Waals surface area contributed by atoms with Gasteiger partial charge in [0.2, 0.25) is 0 Å². The van der Waals surface area contributed by atoms with Crippen molar-refractivity contribution < 1.29 is 23.8 Å². The summed E-state index contributed by atoms with van der Waals surface area (Å²) in [6.45, 7) is 0.403. The second-order valence-corrected chi connectivity index (χ2v) is 8.13. The van der Waals surface area contributed by atoms with Crippen molar-refractivity contribution in [3.8, 4) is 23.0 Å². The molecule has 10 heteroatoms. The maximum atomic E-state index is 12.6. The lowest BCUT2D eigenvalue weighted by Crippen LogP contribution is -2.28. The molecule has 0 unspecified atom stereocenters. The summed E-state index contributed by atoms with van der Waals surface area (Å²) in [5.41, 5.74) is 0.662. The SMILES string of the molecule is COc1cccc2cc(C(=O)NCc3cn(Cc4ccc(Oc5ccccc5)c(O)c4)nn3)c(=O)oc12. The van der Waals surface area contributed by atoms with Gasteiger partial charge in [0.25, 0.3) is 5.91 Å². The van der Waals surface area contributed by atoms with Crippen LogP contribution in [0.5, 0.6) is 23.0 Å². The van der Waals surface area contributed by atoms with E-state index in [4.69, 9.17) is 13.9 Å². The third-order valence-corrected chi connectivity index (χ3v) is 5.54. The van der Waals surface area contributed by atoms with E-state index in [2.05, 4.69) is 15.6 Å². The van der Waals surface area contributed by atoms with Crippen LogP contribution in [0.15, 0.2) is 88.2 Å². The Labute approximate surface area is 210 Å². The fourth-order valence-corrected chi connectivity index (χ4v) is 3.75. The van der Waals surface area contributed by atoms with Crippen molar-refractivity contribution in [1.82, 2.24) is 20.3 Å². The average Bonchev–Trinajstić information content (AvgIpc) is 3.36. The van der Waals surface area contributed by atoms with Gasteiger partial charge in [-0.2, -0.15) is 0 Å². The van der Waals surface area contributed by atoms with Crippen LogP contribution in [0.3, 0.4) is 0 Å². The summed E-state index contributed by atoms with van der Waals surface area (Å²) in [7, 11) is 1.47. The Balaban J connectivity index is 1.22. The highest BCUT2D eigenvalue weighted by atomic mass is 16.5. The monoisotopic (exact) mass is 498 g/mol. The van der Waals surface area contributed by atoms with Gasteiger partial charge >= 0.3 is 5.63 Å². The quantitative estimate of drug-likeness (QED) is 0.309. The van der Waals surface area contributed by atoms with Crippen LogP contribution < -0.4 is 20.4 Å². The summed E-state index contributed by atoms with van der Waals surface area (Å²) < 4.78 is 17.8. The van der Waals surface area contributed by atoms with Gasteiger partial charge in [-0.1, -0.05) is 41.6 Å². The van der Waals surface area contributed by atoms with E-state index in [9.17, 15) is 14.7 Å². The van der Waals surface area contributed by atoms with E-state index in [1.165, 1.54) is 13.2 Å². The Morgan fingerprint density at radius 3 is 2.68 bits per heavy atom. The zero-order chi connectivity index (χ0) is 25.8. The molecule has 10 nitrogen and oxygen atoms in total. The molecule has 0 radical (unpaired) electrons. The zero-order valence-electron chi connectivity index (χ0n) is 19.7. The Hall–Kier alpha value is -5.12. The molecule has 2 N–H and O–H groups in total.